The van der Waals surface area contributed by atoms with E-state index in [9.17, 15) is 5.26 Å². The molecule has 0 spiro atoms. The van der Waals surface area contributed by atoms with E-state index in [-0.39, 0.29) is 5.41 Å². The lowest BCUT2D eigenvalue weighted by Crippen LogP contribution is -2.07. The fraction of sp³-hybridized carbons (Fsp3) is 0.588. The topological polar surface area (TPSA) is 33.0 Å². The van der Waals surface area contributed by atoms with Crippen molar-refractivity contribution in [3.63, 3.8) is 0 Å². The zero-order chi connectivity index (χ0) is 13.7. The summed E-state index contributed by atoms with van der Waals surface area (Å²) in [5, 5.41) is 9.53. The molecular formula is C17H23NO. The molecule has 1 fully saturated rings. The lowest BCUT2D eigenvalue weighted by Gasteiger charge is -2.10. The third-order valence-corrected chi connectivity index (χ3v) is 4.32. The average Bonchev–Trinajstić information content (AvgIpc) is 3.18. The Morgan fingerprint density at radius 3 is 2.58 bits per heavy atom. The number of nitrogens with zero attached hydrogens (tertiary/aromatic N) is 1. The van der Waals surface area contributed by atoms with Crippen molar-refractivity contribution in [1.82, 2.24) is 0 Å². The SMILES string of the molecule is CCCCCC[C@H]1C[C@]1(C#N)c1ccc(OC)cc1. The second-order valence-corrected chi connectivity index (χ2v) is 5.56. The van der Waals surface area contributed by atoms with Crippen molar-refractivity contribution in [2.24, 2.45) is 5.92 Å². The number of nitriles is 1. The second kappa shape index (κ2) is 6.10. The molecule has 0 N–H and O–H groups in total. The van der Waals surface area contributed by atoms with Crippen LogP contribution in [0.25, 0.3) is 0 Å². The molecule has 1 aromatic carbocycles. The van der Waals surface area contributed by atoms with Gasteiger partial charge in [-0.15, -0.1) is 0 Å². The Labute approximate surface area is 116 Å². The van der Waals surface area contributed by atoms with Gasteiger partial charge in [-0.3, -0.25) is 0 Å². The first-order valence-corrected chi connectivity index (χ1v) is 7.32. The highest BCUT2D eigenvalue weighted by Crippen LogP contribution is 2.56. The van der Waals surface area contributed by atoms with Crippen molar-refractivity contribution in [3.8, 4) is 11.8 Å². The van der Waals surface area contributed by atoms with E-state index in [1.165, 1.54) is 32.1 Å². The summed E-state index contributed by atoms with van der Waals surface area (Å²) in [4.78, 5) is 0. The predicted molar refractivity (Wildman–Crippen MR) is 77.2 cm³/mol. The number of benzene rings is 1. The van der Waals surface area contributed by atoms with Crippen LogP contribution in [0.2, 0.25) is 0 Å². The average molecular weight is 257 g/mol. The molecule has 0 amide bonds. The normalized spacial score (nSPS) is 24.8. The van der Waals surface area contributed by atoms with Crippen molar-refractivity contribution >= 4 is 0 Å². The molecular weight excluding hydrogens is 234 g/mol. The molecule has 0 radical (unpaired) electrons. The largest absolute Gasteiger partial charge is 0.497 e. The van der Waals surface area contributed by atoms with Crippen LogP contribution >= 0.6 is 0 Å². The molecule has 0 saturated heterocycles. The minimum absolute atomic E-state index is 0.210. The van der Waals surface area contributed by atoms with Crippen molar-refractivity contribution in [3.05, 3.63) is 29.8 Å². The monoisotopic (exact) mass is 257 g/mol. The van der Waals surface area contributed by atoms with Crippen LogP contribution in [0.15, 0.2) is 24.3 Å². The number of hydrogen-bond acceptors (Lipinski definition) is 2. The lowest BCUT2D eigenvalue weighted by molar-refractivity contribution is 0.414. The van der Waals surface area contributed by atoms with Gasteiger partial charge < -0.3 is 4.74 Å². The first-order chi connectivity index (χ1) is 9.26. The Bertz CT molecular complexity index is 445. The molecule has 0 bridgehead atoms. The summed E-state index contributed by atoms with van der Waals surface area (Å²) in [5.41, 5.74) is 0.953. The van der Waals surface area contributed by atoms with Gasteiger partial charge in [0.2, 0.25) is 0 Å². The van der Waals surface area contributed by atoms with Gasteiger partial charge in [0.1, 0.15) is 5.75 Å². The van der Waals surface area contributed by atoms with Crippen molar-refractivity contribution < 1.29 is 4.74 Å². The van der Waals surface area contributed by atoms with Gasteiger partial charge in [0.15, 0.2) is 0 Å². The van der Waals surface area contributed by atoms with Crippen LogP contribution in [-0.4, -0.2) is 7.11 Å². The summed E-state index contributed by atoms with van der Waals surface area (Å²) < 4.78 is 5.17. The van der Waals surface area contributed by atoms with Gasteiger partial charge in [0.25, 0.3) is 0 Å². The summed E-state index contributed by atoms with van der Waals surface area (Å²) in [7, 11) is 1.67. The number of hydrogen-bond donors (Lipinski definition) is 0. The third-order valence-electron chi connectivity index (χ3n) is 4.32. The molecule has 1 aromatic rings. The van der Waals surface area contributed by atoms with E-state index >= 15 is 0 Å². The zero-order valence-electron chi connectivity index (χ0n) is 12.0. The molecule has 2 rings (SSSR count). The van der Waals surface area contributed by atoms with E-state index in [4.69, 9.17) is 4.74 Å². The van der Waals surface area contributed by atoms with Crippen LogP contribution in [0.3, 0.4) is 0 Å². The van der Waals surface area contributed by atoms with Gasteiger partial charge in [-0.05, 0) is 36.5 Å². The maximum atomic E-state index is 9.53. The van der Waals surface area contributed by atoms with Gasteiger partial charge in [0.05, 0.1) is 18.6 Å². The fourth-order valence-corrected chi connectivity index (χ4v) is 2.94. The number of methoxy groups -OCH3 is 1. The van der Waals surface area contributed by atoms with Gasteiger partial charge in [-0.1, -0.05) is 44.7 Å². The number of unbranched alkanes of at least 4 members (excludes halogenated alkanes) is 3. The smallest absolute Gasteiger partial charge is 0.118 e. The lowest BCUT2D eigenvalue weighted by atomic mass is 9.93. The predicted octanol–water partition coefficient (Wildman–Crippen LogP) is 4.45. The van der Waals surface area contributed by atoms with Crippen LogP contribution in [-0.2, 0) is 5.41 Å². The standard InChI is InChI=1S/C17H23NO/c1-3-4-5-6-7-15-12-17(15,13-18)14-8-10-16(19-2)11-9-14/h8-11,15H,3-7,12H2,1-2H3/t15-,17-/m0/s1. The number of rotatable bonds is 7. The first-order valence-electron chi connectivity index (χ1n) is 7.32. The van der Waals surface area contributed by atoms with Crippen LogP contribution in [0, 0.1) is 17.2 Å². The summed E-state index contributed by atoms with van der Waals surface area (Å²) in [5.74, 6) is 1.42. The minimum Gasteiger partial charge on any atom is -0.497 e. The highest BCUT2D eigenvalue weighted by molar-refractivity contribution is 5.43. The Morgan fingerprint density at radius 2 is 2.00 bits per heavy atom. The molecule has 0 aliphatic heterocycles. The van der Waals surface area contributed by atoms with Gasteiger partial charge in [-0.2, -0.15) is 5.26 Å². The Kier molecular flexibility index (Phi) is 4.47. The molecule has 1 aliphatic carbocycles. The molecule has 2 atom stereocenters. The molecule has 1 aliphatic rings. The zero-order valence-corrected chi connectivity index (χ0v) is 12.0. The first kappa shape index (κ1) is 13.9. The van der Waals surface area contributed by atoms with E-state index in [2.05, 4.69) is 13.0 Å². The van der Waals surface area contributed by atoms with Crippen LogP contribution in [0.4, 0.5) is 0 Å². The third kappa shape index (κ3) is 2.92. The van der Waals surface area contributed by atoms with E-state index in [1.54, 1.807) is 7.11 Å². The van der Waals surface area contributed by atoms with Crippen molar-refractivity contribution in [2.75, 3.05) is 7.11 Å². The van der Waals surface area contributed by atoms with Crippen LogP contribution < -0.4 is 4.74 Å². The van der Waals surface area contributed by atoms with Gasteiger partial charge >= 0.3 is 0 Å². The molecule has 0 heterocycles. The molecule has 2 heteroatoms. The highest BCUT2D eigenvalue weighted by Gasteiger charge is 2.55. The summed E-state index contributed by atoms with van der Waals surface area (Å²) in [6.07, 6.45) is 7.37. The Hall–Kier alpha value is -1.49. The Morgan fingerprint density at radius 1 is 1.26 bits per heavy atom. The maximum Gasteiger partial charge on any atom is 0.118 e. The molecule has 1 saturated carbocycles. The molecule has 102 valence electrons. The highest BCUT2D eigenvalue weighted by atomic mass is 16.5. The van der Waals surface area contributed by atoms with Crippen molar-refractivity contribution in [1.29, 1.82) is 5.26 Å². The fourth-order valence-electron chi connectivity index (χ4n) is 2.94. The molecule has 19 heavy (non-hydrogen) atoms. The van der Waals surface area contributed by atoms with Gasteiger partial charge in [0, 0.05) is 0 Å². The van der Waals surface area contributed by atoms with E-state index < -0.39 is 0 Å². The minimum atomic E-state index is -0.210. The van der Waals surface area contributed by atoms with Crippen molar-refractivity contribution in [2.45, 2.75) is 50.9 Å². The van der Waals surface area contributed by atoms with E-state index in [0.29, 0.717) is 5.92 Å². The van der Waals surface area contributed by atoms with Gasteiger partial charge in [-0.25, -0.2) is 0 Å². The summed E-state index contributed by atoms with van der Waals surface area (Å²) >= 11 is 0. The van der Waals surface area contributed by atoms with Crippen LogP contribution in [0.1, 0.15) is 51.0 Å². The number of ether oxygens (including phenoxy) is 1. The van der Waals surface area contributed by atoms with E-state index in [0.717, 1.165) is 17.7 Å². The van der Waals surface area contributed by atoms with Crippen LogP contribution in [0.5, 0.6) is 5.75 Å². The second-order valence-electron chi connectivity index (χ2n) is 5.56. The molecule has 0 aromatic heterocycles. The summed E-state index contributed by atoms with van der Waals surface area (Å²) in [6.45, 7) is 2.23. The molecule has 2 nitrogen and oxygen atoms in total. The maximum absolute atomic E-state index is 9.53. The Balaban J connectivity index is 1.95. The molecule has 0 unspecified atom stereocenters. The van der Waals surface area contributed by atoms with E-state index in [1.807, 2.05) is 24.3 Å². The summed E-state index contributed by atoms with van der Waals surface area (Å²) in [6, 6.07) is 10.6. The quantitative estimate of drug-likeness (QED) is 0.676.